The van der Waals surface area contributed by atoms with E-state index in [1.807, 2.05) is 4.90 Å². The number of aromatic nitrogens is 3. The number of rotatable bonds is 7. The fourth-order valence-electron chi connectivity index (χ4n) is 4.08. The van der Waals surface area contributed by atoms with Gasteiger partial charge < -0.3 is 19.2 Å². The minimum Gasteiger partial charge on any atom is -0.423 e. The summed E-state index contributed by atoms with van der Waals surface area (Å²) in [5.74, 6) is -0.579. The Hall–Kier alpha value is -3.77. The lowest BCUT2D eigenvalue weighted by Gasteiger charge is -2.32. The highest BCUT2D eigenvalue weighted by atomic mass is 32.2. The van der Waals surface area contributed by atoms with Gasteiger partial charge in [-0.2, -0.15) is 9.29 Å². The molecule has 0 radical (unpaired) electrons. The highest BCUT2D eigenvalue weighted by Crippen LogP contribution is 2.25. The summed E-state index contributed by atoms with van der Waals surface area (Å²) in [5.41, 5.74) is 2.01. The molecule has 0 atom stereocenters. The largest absolute Gasteiger partial charge is 0.423 e. The Bertz CT molecular complexity index is 1510. The van der Waals surface area contributed by atoms with Crippen LogP contribution in [0.15, 0.2) is 64.4 Å². The molecule has 1 aliphatic rings. The van der Waals surface area contributed by atoms with Crippen molar-refractivity contribution in [3.05, 3.63) is 71.9 Å². The Morgan fingerprint density at radius 3 is 2.64 bits per heavy atom. The molecule has 0 saturated carbocycles. The molecule has 1 fully saturated rings. The van der Waals surface area contributed by atoms with Crippen LogP contribution in [0, 0.1) is 5.82 Å². The van der Waals surface area contributed by atoms with Crippen LogP contribution in [0.3, 0.4) is 0 Å². The number of carbonyl (C=O) groups excluding carboxylic acids is 1. The molecule has 0 aliphatic carbocycles. The van der Waals surface area contributed by atoms with E-state index in [9.17, 15) is 17.6 Å². The number of nitrogens with zero attached hydrogens (tertiary/aromatic N) is 5. The van der Waals surface area contributed by atoms with E-state index in [2.05, 4.69) is 15.3 Å². The number of halogens is 1. The molecule has 0 bridgehead atoms. The van der Waals surface area contributed by atoms with Crippen LogP contribution < -0.4 is 10.2 Å². The van der Waals surface area contributed by atoms with Crippen molar-refractivity contribution in [2.24, 2.45) is 7.05 Å². The average molecular weight is 513 g/mol. The zero-order valence-electron chi connectivity index (χ0n) is 19.6. The molecule has 1 N–H and O–H groups in total. The van der Waals surface area contributed by atoms with Gasteiger partial charge in [0.15, 0.2) is 10.6 Å². The van der Waals surface area contributed by atoms with Gasteiger partial charge in [-0.3, -0.25) is 4.79 Å². The van der Waals surface area contributed by atoms with E-state index >= 15 is 0 Å². The first-order chi connectivity index (χ1) is 17.3. The summed E-state index contributed by atoms with van der Waals surface area (Å²) in [6.07, 6.45) is 3.33. The van der Waals surface area contributed by atoms with E-state index in [0.29, 0.717) is 54.3 Å². The highest BCUT2D eigenvalue weighted by Gasteiger charge is 2.31. The number of hydrogen-bond acceptors (Lipinski definition) is 7. The zero-order chi connectivity index (χ0) is 25.3. The van der Waals surface area contributed by atoms with Crippen LogP contribution in [0.5, 0.6) is 0 Å². The number of hydrogen-bond donors (Lipinski definition) is 1. The fraction of sp³-hybridized carbons (Fsp3) is 0.292. The molecule has 4 aromatic rings. The summed E-state index contributed by atoms with van der Waals surface area (Å²) in [4.78, 5) is 22.9. The first-order valence-electron chi connectivity index (χ1n) is 11.5. The van der Waals surface area contributed by atoms with Crippen LogP contribution in [0.25, 0.3) is 11.1 Å². The topological polar surface area (TPSA) is 114 Å². The van der Waals surface area contributed by atoms with Gasteiger partial charge in [-0.05, 0) is 36.2 Å². The Balaban J connectivity index is 1.21. The second-order valence-corrected chi connectivity index (χ2v) is 10.4. The predicted octanol–water partition coefficient (Wildman–Crippen LogP) is 2.18. The number of oxazole rings is 1. The quantitative estimate of drug-likeness (QED) is 0.404. The molecular formula is C24H25FN6O4S. The van der Waals surface area contributed by atoms with Crippen molar-refractivity contribution < 1.29 is 22.0 Å². The number of sulfonamides is 1. The second-order valence-electron chi connectivity index (χ2n) is 8.54. The first-order valence-corrected chi connectivity index (χ1v) is 12.9. The van der Waals surface area contributed by atoms with E-state index in [1.165, 1.54) is 22.9 Å². The third-order valence-corrected chi connectivity index (χ3v) is 7.86. The van der Waals surface area contributed by atoms with Gasteiger partial charge in [0, 0.05) is 51.5 Å². The Morgan fingerprint density at radius 2 is 1.92 bits per heavy atom. The SMILES string of the molecule is Cn1cnc(S(=O)(=O)N2CCN(c3nc4cc(C(=O)NCCc5ccccc5F)ccc4o3)CC2)c1. The highest BCUT2D eigenvalue weighted by molar-refractivity contribution is 7.89. The van der Waals surface area contributed by atoms with Crippen molar-refractivity contribution >= 4 is 33.0 Å². The van der Waals surface area contributed by atoms with Gasteiger partial charge in [0.1, 0.15) is 11.3 Å². The maximum atomic E-state index is 13.8. The van der Waals surface area contributed by atoms with Crippen molar-refractivity contribution in [2.45, 2.75) is 11.4 Å². The van der Waals surface area contributed by atoms with Gasteiger partial charge in [0.05, 0.1) is 6.33 Å². The number of benzene rings is 2. The van der Waals surface area contributed by atoms with E-state index in [0.717, 1.165) is 0 Å². The first kappa shape index (κ1) is 23.9. The van der Waals surface area contributed by atoms with Gasteiger partial charge in [0.25, 0.3) is 21.9 Å². The molecule has 10 nitrogen and oxygen atoms in total. The summed E-state index contributed by atoms with van der Waals surface area (Å²) in [6.45, 7) is 1.65. The summed E-state index contributed by atoms with van der Waals surface area (Å²) < 4.78 is 48.2. The minimum atomic E-state index is -3.66. The van der Waals surface area contributed by atoms with Crippen LogP contribution in [0.2, 0.25) is 0 Å². The van der Waals surface area contributed by atoms with E-state index in [1.54, 1.807) is 48.0 Å². The Kier molecular flexibility index (Phi) is 6.46. The van der Waals surface area contributed by atoms with Crippen LogP contribution in [0.1, 0.15) is 15.9 Å². The molecule has 3 heterocycles. The zero-order valence-corrected chi connectivity index (χ0v) is 20.4. The summed E-state index contributed by atoms with van der Waals surface area (Å²) in [5, 5.41) is 2.83. The average Bonchev–Trinajstić information content (AvgIpc) is 3.51. The van der Waals surface area contributed by atoms with Crippen molar-refractivity contribution in [1.29, 1.82) is 0 Å². The lowest BCUT2D eigenvalue weighted by Crippen LogP contribution is -2.48. The Morgan fingerprint density at radius 1 is 1.14 bits per heavy atom. The van der Waals surface area contributed by atoms with Crippen molar-refractivity contribution in [3.63, 3.8) is 0 Å². The van der Waals surface area contributed by atoms with E-state index in [4.69, 9.17) is 4.42 Å². The third kappa shape index (κ3) is 4.82. The Labute approximate surface area is 207 Å². The van der Waals surface area contributed by atoms with Gasteiger partial charge >= 0.3 is 0 Å². The van der Waals surface area contributed by atoms with Gasteiger partial charge in [-0.1, -0.05) is 18.2 Å². The lowest BCUT2D eigenvalue weighted by atomic mass is 10.1. The van der Waals surface area contributed by atoms with Gasteiger partial charge in [0.2, 0.25) is 0 Å². The number of piperazine rings is 1. The lowest BCUT2D eigenvalue weighted by molar-refractivity contribution is 0.0954. The van der Waals surface area contributed by atoms with E-state index < -0.39 is 10.0 Å². The van der Waals surface area contributed by atoms with Crippen molar-refractivity contribution in [2.75, 3.05) is 37.6 Å². The number of aryl methyl sites for hydroxylation is 1. The van der Waals surface area contributed by atoms with Gasteiger partial charge in [-0.25, -0.2) is 17.8 Å². The molecule has 5 rings (SSSR count). The minimum absolute atomic E-state index is 0.0278. The van der Waals surface area contributed by atoms with Crippen LogP contribution in [-0.4, -0.2) is 65.9 Å². The van der Waals surface area contributed by atoms with Crippen molar-refractivity contribution in [1.82, 2.24) is 24.2 Å². The molecule has 0 unspecified atom stereocenters. The smallest absolute Gasteiger partial charge is 0.298 e. The summed E-state index contributed by atoms with van der Waals surface area (Å²) in [7, 11) is -1.94. The number of amides is 1. The molecule has 0 spiro atoms. The molecule has 1 saturated heterocycles. The number of nitrogens with one attached hydrogen (secondary N) is 1. The molecule has 188 valence electrons. The molecule has 2 aromatic carbocycles. The maximum Gasteiger partial charge on any atom is 0.298 e. The third-order valence-electron chi connectivity index (χ3n) is 6.07. The molecule has 1 amide bonds. The maximum absolute atomic E-state index is 13.8. The van der Waals surface area contributed by atoms with Crippen LogP contribution in [-0.2, 0) is 23.5 Å². The normalized spacial score (nSPS) is 14.9. The molecule has 1 aliphatic heterocycles. The number of imidazole rings is 1. The molecular weight excluding hydrogens is 487 g/mol. The monoisotopic (exact) mass is 512 g/mol. The summed E-state index contributed by atoms with van der Waals surface area (Å²) >= 11 is 0. The van der Waals surface area contributed by atoms with Gasteiger partial charge in [-0.15, -0.1) is 0 Å². The van der Waals surface area contributed by atoms with Crippen molar-refractivity contribution in [3.8, 4) is 0 Å². The number of anilines is 1. The molecule has 12 heteroatoms. The molecule has 36 heavy (non-hydrogen) atoms. The standard InChI is InChI=1S/C24H25FN6O4S/c1-29-15-22(27-16-29)36(33,34)31-12-10-30(11-13-31)24-28-20-14-18(6-7-21(20)35-24)23(32)26-9-8-17-4-2-3-5-19(17)25/h2-7,14-16H,8-13H2,1H3,(H,26,32). The number of carbonyl (C=O) groups is 1. The second kappa shape index (κ2) is 9.70. The number of fused-ring (bicyclic) bond motifs is 1. The fourth-order valence-corrected chi connectivity index (χ4v) is 5.47. The summed E-state index contributed by atoms with van der Waals surface area (Å²) in [6, 6.07) is 11.8. The van der Waals surface area contributed by atoms with Crippen LogP contribution >= 0.6 is 0 Å². The predicted molar refractivity (Wildman–Crippen MR) is 131 cm³/mol. The molecule has 2 aromatic heterocycles. The van der Waals surface area contributed by atoms with Crippen LogP contribution in [0.4, 0.5) is 10.4 Å². The van der Waals surface area contributed by atoms with E-state index in [-0.39, 0.29) is 29.8 Å².